The average Bonchev–Trinajstić information content (AvgIpc) is 2.71. The number of aryl methyl sites for hydroxylation is 2. The van der Waals surface area contributed by atoms with Gasteiger partial charge in [0.2, 0.25) is 0 Å². The lowest BCUT2D eigenvalue weighted by Gasteiger charge is -2.33. The fourth-order valence-electron chi connectivity index (χ4n) is 2.63. The van der Waals surface area contributed by atoms with E-state index in [0.717, 1.165) is 35.2 Å². The van der Waals surface area contributed by atoms with Crippen molar-refractivity contribution in [1.82, 2.24) is 15.2 Å². The molecule has 1 aliphatic heterocycles. The molecule has 106 valence electrons. The largest absolute Gasteiger partial charge is 0.350 e. The molecule has 1 aliphatic rings. The Kier molecular flexibility index (Phi) is 4.93. The minimum absolute atomic E-state index is 0.0211. The molecule has 4 nitrogen and oxygen atoms in total. The van der Waals surface area contributed by atoms with Gasteiger partial charge in [0.15, 0.2) is 0 Å². The van der Waals surface area contributed by atoms with Crippen LogP contribution in [0.5, 0.6) is 0 Å². The zero-order valence-electron chi connectivity index (χ0n) is 12.0. The number of carbonyl (C=O) groups is 1. The highest BCUT2D eigenvalue weighted by Gasteiger charge is 2.18. The molecular formula is C14H23N3OS. The lowest BCUT2D eigenvalue weighted by molar-refractivity contribution is 0.0941. The van der Waals surface area contributed by atoms with Gasteiger partial charge in [0, 0.05) is 19.1 Å². The fourth-order valence-corrected chi connectivity index (χ4v) is 3.46. The molecule has 0 spiro atoms. The van der Waals surface area contributed by atoms with Crippen LogP contribution in [-0.2, 0) is 0 Å². The maximum absolute atomic E-state index is 12.0. The Balaban J connectivity index is 1.79. The van der Waals surface area contributed by atoms with Crippen LogP contribution < -0.4 is 5.32 Å². The normalized spacial score (nSPS) is 20.5. The molecule has 0 aliphatic carbocycles. The summed E-state index contributed by atoms with van der Waals surface area (Å²) in [4.78, 5) is 19.6. The van der Waals surface area contributed by atoms with Gasteiger partial charge in [0.1, 0.15) is 4.88 Å². The second-order valence-corrected chi connectivity index (χ2v) is 6.49. The summed E-state index contributed by atoms with van der Waals surface area (Å²) in [5.41, 5.74) is 0.839. The molecular weight excluding hydrogens is 258 g/mol. The highest BCUT2D eigenvalue weighted by Crippen LogP contribution is 2.17. The third-order valence-electron chi connectivity index (χ3n) is 3.73. The van der Waals surface area contributed by atoms with E-state index in [0.29, 0.717) is 6.04 Å². The minimum Gasteiger partial charge on any atom is -0.350 e. The highest BCUT2D eigenvalue weighted by molar-refractivity contribution is 7.13. The molecule has 19 heavy (non-hydrogen) atoms. The second kappa shape index (κ2) is 6.48. The SMILES string of the molecule is Cc1nc(C)c(C(=O)NCCN2CCCCC2C)s1. The number of amides is 1. The Bertz CT molecular complexity index is 444. The average molecular weight is 281 g/mol. The predicted molar refractivity (Wildman–Crippen MR) is 78.8 cm³/mol. The Morgan fingerprint density at radius 1 is 1.47 bits per heavy atom. The van der Waals surface area contributed by atoms with E-state index in [9.17, 15) is 4.79 Å². The van der Waals surface area contributed by atoms with Crippen LogP contribution in [-0.4, -0.2) is 41.5 Å². The monoisotopic (exact) mass is 281 g/mol. The molecule has 1 atom stereocenters. The molecule has 1 amide bonds. The van der Waals surface area contributed by atoms with Crippen molar-refractivity contribution in [2.24, 2.45) is 0 Å². The molecule has 0 radical (unpaired) electrons. The van der Waals surface area contributed by atoms with Crippen molar-refractivity contribution >= 4 is 17.2 Å². The second-order valence-electron chi connectivity index (χ2n) is 5.28. The van der Waals surface area contributed by atoms with Crippen molar-refractivity contribution in [2.45, 2.75) is 46.1 Å². The minimum atomic E-state index is 0.0211. The van der Waals surface area contributed by atoms with Gasteiger partial charge in [0.05, 0.1) is 10.7 Å². The van der Waals surface area contributed by atoms with E-state index in [2.05, 4.69) is 22.1 Å². The van der Waals surface area contributed by atoms with Gasteiger partial charge in [-0.15, -0.1) is 11.3 Å². The Morgan fingerprint density at radius 3 is 2.89 bits per heavy atom. The van der Waals surface area contributed by atoms with Gasteiger partial charge in [-0.1, -0.05) is 6.42 Å². The van der Waals surface area contributed by atoms with E-state index < -0.39 is 0 Å². The molecule has 0 saturated carbocycles. The molecule has 5 heteroatoms. The summed E-state index contributed by atoms with van der Waals surface area (Å²) < 4.78 is 0. The molecule has 0 aromatic carbocycles. The van der Waals surface area contributed by atoms with Crippen LogP contribution >= 0.6 is 11.3 Å². The van der Waals surface area contributed by atoms with Crippen molar-refractivity contribution in [3.8, 4) is 0 Å². The Hall–Kier alpha value is -0.940. The molecule has 1 aromatic rings. The standard InChI is InChI=1S/C14H23N3OS/c1-10-6-4-5-8-17(10)9-7-15-14(18)13-11(2)16-12(3)19-13/h10H,4-9H2,1-3H3,(H,15,18). The van der Waals surface area contributed by atoms with Gasteiger partial charge < -0.3 is 5.32 Å². The third kappa shape index (κ3) is 3.76. The van der Waals surface area contributed by atoms with Crippen LogP contribution in [0.25, 0.3) is 0 Å². The summed E-state index contributed by atoms with van der Waals surface area (Å²) in [5.74, 6) is 0.0211. The number of hydrogen-bond acceptors (Lipinski definition) is 4. The number of nitrogens with zero attached hydrogens (tertiary/aromatic N) is 2. The maximum Gasteiger partial charge on any atom is 0.263 e. The summed E-state index contributed by atoms with van der Waals surface area (Å²) in [6.45, 7) is 8.94. The summed E-state index contributed by atoms with van der Waals surface area (Å²) in [7, 11) is 0. The first kappa shape index (κ1) is 14.5. The van der Waals surface area contributed by atoms with Gasteiger partial charge in [-0.25, -0.2) is 4.98 Å². The third-order valence-corrected chi connectivity index (χ3v) is 4.81. The number of thiazole rings is 1. The quantitative estimate of drug-likeness (QED) is 0.921. The van der Waals surface area contributed by atoms with Crippen molar-refractivity contribution in [2.75, 3.05) is 19.6 Å². The van der Waals surface area contributed by atoms with Crippen LogP contribution in [0.1, 0.15) is 46.6 Å². The van der Waals surface area contributed by atoms with Crippen LogP contribution in [0.2, 0.25) is 0 Å². The fraction of sp³-hybridized carbons (Fsp3) is 0.714. The summed E-state index contributed by atoms with van der Waals surface area (Å²) in [6, 6.07) is 0.651. The summed E-state index contributed by atoms with van der Waals surface area (Å²) >= 11 is 1.47. The van der Waals surface area contributed by atoms with Crippen molar-refractivity contribution < 1.29 is 4.79 Å². The molecule has 1 unspecified atom stereocenters. The number of likely N-dealkylation sites (tertiary alicyclic amines) is 1. The smallest absolute Gasteiger partial charge is 0.263 e. The number of hydrogen-bond donors (Lipinski definition) is 1. The van der Waals surface area contributed by atoms with E-state index in [1.54, 1.807) is 0 Å². The predicted octanol–water partition coefficient (Wildman–Crippen LogP) is 2.36. The Labute approximate surface area is 119 Å². The number of nitrogens with one attached hydrogen (secondary N) is 1. The van der Waals surface area contributed by atoms with E-state index in [-0.39, 0.29) is 5.91 Å². The molecule has 2 heterocycles. The van der Waals surface area contributed by atoms with E-state index in [1.165, 1.54) is 30.6 Å². The maximum atomic E-state index is 12.0. The molecule has 1 N–H and O–H groups in total. The molecule has 1 saturated heterocycles. The van der Waals surface area contributed by atoms with Crippen LogP contribution in [0.15, 0.2) is 0 Å². The first-order valence-corrected chi connectivity index (χ1v) is 7.86. The van der Waals surface area contributed by atoms with Crippen LogP contribution in [0.3, 0.4) is 0 Å². The van der Waals surface area contributed by atoms with E-state index in [1.807, 2.05) is 13.8 Å². The van der Waals surface area contributed by atoms with Gasteiger partial charge in [-0.2, -0.15) is 0 Å². The molecule has 1 aromatic heterocycles. The topological polar surface area (TPSA) is 45.2 Å². The van der Waals surface area contributed by atoms with Crippen molar-refractivity contribution in [3.63, 3.8) is 0 Å². The Morgan fingerprint density at radius 2 is 2.26 bits per heavy atom. The zero-order valence-corrected chi connectivity index (χ0v) is 12.8. The van der Waals surface area contributed by atoms with E-state index in [4.69, 9.17) is 0 Å². The number of rotatable bonds is 4. The number of piperidine rings is 1. The van der Waals surface area contributed by atoms with Gasteiger partial charge >= 0.3 is 0 Å². The van der Waals surface area contributed by atoms with Crippen LogP contribution in [0.4, 0.5) is 0 Å². The van der Waals surface area contributed by atoms with E-state index >= 15 is 0 Å². The van der Waals surface area contributed by atoms with Crippen molar-refractivity contribution in [1.29, 1.82) is 0 Å². The number of aromatic nitrogens is 1. The highest BCUT2D eigenvalue weighted by atomic mass is 32.1. The lowest BCUT2D eigenvalue weighted by Crippen LogP contribution is -2.42. The number of carbonyl (C=O) groups excluding carboxylic acids is 1. The van der Waals surface area contributed by atoms with Crippen LogP contribution in [0, 0.1) is 13.8 Å². The van der Waals surface area contributed by atoms with Crippen molar-refractivity contribution in [3.05, 3.63) is 15.6 Å². The lowest BCUT2D eigenvalue weighted by atomic mass is 10.0. The molecule has 1 fully saturated rings. The van der Waals surface area contributed by atoms with Gasteiger partial charge in [-0.3, -0.25) is 9.69 Å². The van der Waals surface area contributed by atoms with Gasteiger partial charge in [0.25, 0.3) is 5.91 Å². The summed E-state index contributed by atoms with van der Waals surface area (Å²) in [5, 5.41) is 3.96. The zero-order chi connectivity index (χ0) is 13.8. The van der Waals surface area contributed by atoms with Gasteiger partial charge in [-0.05, 0) is 40.2 Å². The first-order valence-electron chi connectivity index (χ1n) is 7.04. The molecule has 0 bridgehead atoms. The summed E-state index contributed by atoms with van der Waals surface area (Å²) in [6.07, 6.45) is 3.90. The molecule has 2 rings (SSSR count). The first-order chi connectivity index (χ1) is 9.08.